The minimum atomic E-state index is -0.265. The maximum atomic E-state index is 6.31. The SMILES string of the molecule is CCCCCN1C(=S)NC(c2cccc(Cl)c2)C(c2nc(-c3ccc4c(c3)OCO4)no2)=C1C. The van der Waals surface area contributed by atoms with Gasteiger partial charge in [-0.3, -0.25) is 0 Å². The summed E-state index contributed by atoms with van der Waals surface area (Å²) in [6.07, 6.45) is 3.31. The number of thiocarbonyl (C=S) groups is 1. The van der Waals surface area contributed by atoms with Crippen LogP contribution in [-0.4, -0.2) is 33.5 Å². The summed E-state index contributed by atoms with van der Waals surface area (Å²) in [5.41, 5.74) is 3.63. The van der Waals surface area contributed by atoms with Gasteiger partial charge in [0, 0.05) is 22.8 Å². The van der Waals surface area contributed by atoms with E-state index in [1.165, 1.54) is 0 Å². The third-order valence-corrected chi connectivity index (χ3v) is 6.62. The predicted molar refractivity (Wildman–Crippen MR) is 135 cm³/mol. The molecule has 1 unspecified atom stereocenters. The molecule has 0 bridgehead atoms. The van der Waals surface area contributed by atoms with Crippen LogP contribution in [0, 0.1) is 0 Å². The molecule has 5 rings (SSSR count). The van der Waals surface area contributed by atoms with Crippen LogP contribution < -0.4 is 14.8 Å². The van der Waals surface area contributed by atoms with E-state index in [1.807, 2.05) is 42.5 Å². The summed E-state index contributed by atoms with van der Waals surface area (Å²) >= 11 is 12.1. The molecule has 1 aromatic heterocycles. The van der Waals surface area contributed by atoms with Gasteiger partial charge < -0.3 is 24.2 Å². The number of ether oxygens (including phenoxy) is 2. The van der Waals surface area contributed by atoms with Crippen molar-refractivity contribution in [2.24, 2.45) is 0 Å². The van der Waals surface area contributed by atoms with Gasteiger partial charge in [-0.05, 0) is 61.5 Å². The number of nitrogens with one attached hydrogen (secondary N) is 1. The quantitative estimate of drug-likeness (QED) is 0.317. The smallest absolute Gasteiger partial charge is 0.258 e. The van der Waals surface area contributed by atoms with Crippen molar-refractivity contribution in [1.82, 2.24) is 20.4 Å². The first kappa shape index (κ1) is 22.7. The molecule has 1 atom stereocenters. The number of hydrogen-bond donors (Lipinski definition) is 1. The fourth-order valence-electron chi connectivity index (χ4n) is 4.27. The molecule has 0 spiro atoms. The molecule has 0 saturated carbocycles. The molecular weight excluding hydrogens is 472 g/mol. The highest BCUT2D eigenvalue weighted by Crippen LogP contribution is 2.39. The largest absolute Gasteiger partial charge is 0.454 e. The molecule has 7 nitrogen and oxygen atoms in total. The van der Waals surface area contributed by atoms with Crippen LogP contribution in [0.5, 0.6) is 11.5 Å². The lowest BCUT2D eigenvalue weighted by Gasteiger charge is -2.37. The molecule has 34 heavy (non-hydrogen) atoms. The van der Waals surface area contributed by atoms with Gasteiger partial charge in [0.2, 0.25) is 12.6 Å². The van der Waals surface area contributed by atoms with Crippen LogP contribution in [0.15, 0.2) is 52.7 Å². The molecular formula is C25H25ClN4O3S. The number of nitrogens with zero attached hydrogens (tertiary/aromatic N) is 3. The fourth-order valence-corrected chi connectivity index (χ4v) is 4.81. The molecule has 2 aromatic carbocycles. The van der Waals surface area contributed by atoms with Crippen molar-refractivity contribution in [2.45, 2.75) is 39.2 Å². The molecule has 0 saturated heterocycles. The molecule has 2 aliphatic heterocycles. The van der Waals surface area contributed by atoms with Crippen molar-refractivity contribution >= 4 is 34.5 Å². The minimum absolute atomic E-state index is 0.211. The first-order valence-electron chi connectivity index (χ1n) is 11.3. The Balaban J connectivity index is 1.55. The van der Waals surface area contributed by atoms with Crippen molar-refractivity contribution in [1.29, 1.82) is 0 Å². The molecule has 0 amide bonds. The summed E-state index contributed by atoms with van der Waals surface area (Å²) in [6.45, 7) is 5.27. The van der Waals surface area contributed by atoms with Crippen molar-refractivity contribution in [3.63, 3.8) is 0 Å². The van der Waals surface area contributed by atoms with E-state index < -0.39 is 0 Å². The van der Waals surface area contributed by atoms with Crippen LogP contribution in [0.2, 0.25) is 5.02 Å². The molecule has 2 aliphatic rings. The lowest BCUT2D eigenvalue weighted by atomic mass is 9.94. The average molecular weight is 497 g/mol. The van der Waals surface area contributed by atoms with Crippen molar-refractivity contribution in [2.75, 3.05) is 13.3 Å². The van der Waals surface area contributed by atoms with E-state index in [4.69, 9.17) is 42.8 Å². The summed E-state index contributed by atoms with van der Waals surface area (Å²) in [4.78, 5) is 6.88. The number of fused-ring (bicyclic) bond motifs is 1. The highest BCUT2D eigenvalue weighted by atomic mass is 35.5. The molecule has 0 fully saturated rings. The minimum Gasteiger partial charge on any atom is -0.454 e. The van der Waals surface area contributed by atoms with E-state index in [-0.39, 0.29) is 12.8 Å². The van der Waals surface area contributed by atoms with Crippen molar-refractivity contribution < 1.29 is 14.0 Å². The van der Waals surface area contributed by atoms with Crippen LogP contribution in [0.3, 0.4) is 0 Å². The second kappa shape index (κ2) is 9.64. The molecule has 0 aliphatic carbocycles. The van der Waals surface area contributed by atoms with E-state index in [0.29, 0.717) is 33.3 Å². The van der Waals surface area contributed by atoms with Crippen LogP contribution >= 0.6 is 23.8 Å². The third-order valence-electron chi connectivity index (χ3n) is 6.05. The molecule has 0 radical (unpaired) electrons. The fraction of sp³-hybridized carbons (Fsp3) is 0.320. The highest BCUT2D eigenvalue weighted by molar-refractivity contribution is 7.80. The molecule has 9 heteroatoms. The lowest BCUT2D eigenvalue weighted by Crippen LogP contribution is -2.46. The Morgan fingerprint density at radius 2 is 2.00 bits per heavy atom. The first-order valence-corrected chi connectivity index (χ1v) is 12.1. The topological polar surface area (TPSA) is 72.7 Å². The van der Waals surface area contributed by atoms with Crippen molar-refractivity contribution in [3.8, 4) is 22.9 Å². The van der Waals surface area contributed by atoms with Gasteiger partial charge in [0.25, 0.3) is 5.89 Å². The third kappa shape index (κ3) is 4.35. The number of benzene rings is 2. The van der Waals surface area contributed by atoms with Gasteiger partial charge in [0.1, 0.15) is 0 Å². The zero-order valence-corrected chi connectivity index (χ0v) is 20.6. The Morgan fingerprint density at radius 3 is 2.82 bits per heavy atom. The number of unbranched alkanes of at least 4 members (excludes halogenated alkanes) is 2. The van der Waals surface area contributed by atoms with Gasteiger partial charge in [0.15, 0.2) is 16.6 Å². The van der Waals surface area contributed by atoms with Gasteiger partial charge in [0.05, 0.1) is 11.6 Å². The van der Waals surface area contributed by atoms with Gasteiger partial charge in [-0.25, -0.2) is 0 Å². The number of allylic oxidation sites excluding steroid dienone is 1. The number of halogens is 1. The van der Waals surface area contributed by atoms with E-state index in [2.05, 4.69) is 29.2 Å². The molecule has 1 N–H and O–H groups in total. The van der Waals surface area contributed by atoms with E-state index in [1.54, 1.807) is 0 Å². The Labute approximate surface area is 208 Å². The summed E-state index contributed by atoms with van der Waals surface area (Å²) in [7, 11) is 0. The molecule has 3 aromatic rings. The predicted octanol–water partition coefficient (Wildman–Crippen LogP) is 5.97. The maximum absolute atomic E-state index is 6.31. The van der Waals surface area contributed by atoms with E-state index in [9.17, 15) is 0 Å². The van der Waals surface area contributed by atoms with Crippen LogP contribution in [-0.2, 0) is 0 Å². The van der Waals surface area contributed by atoms with E-state index >= 15 is 0 Å². The van der Waals surface area contributed by atoms with Gasteiger partial charge in [-0.2, -0.15) is 4.98 Å². The Hall–Kier alpha value is -3.10. The Bertz CT molecular complexity index is 1260. The maximum Gasteiger partial charge on any atom is 0.258 e. The Morgan fingerprint density at radius 1 is 1.15 bits per heavy atom. The van der Waals surface area contributed by atoms with Crippen molar-refractivity contribution in [3.05, 3.63) is 64.6 Å². The standard InChI is InChI=1S/C25H25ClN4O3S/c1-3-4-5-11-30-15(2)21(22(27-25(30)34)16-7-6-8-18(26)12-16)24-28-23(29-33-24)17-9-10-19-20(13-17)32-14-31-19/h6-10,12-13,22H,3-5,11,14H2,1-2H3,(H,27,34). The zero-order chi connectivity index (χ0) is 23.7. The van der Waals surface area contributed by atoms with E-state index in [0.717, 1.165) is 48.2 Å². The number of rotatable bonds is 7. The average Bonchev–Trinajstić information content (AvgIpc) is 3.50. The second-order valence-corrected chi connectivity index (χ2v) is 9.11. The summed E-state index contributed by atoms with van der Waals surface area (Å²) in [5.74, 6) is 2.29. The molecule has 176 valence electrons. The molecule has 3 heterocycles. The van der Waals surface area contributed by atoms with Gasteiger partial charge in [-0.15, -0.1) is 0 Å². The highest BCUT2D eigenvalue weighted by Gasteiger charge is 2.34. The zero-order valence-electron chi connectivity index (χ0n) is 19.0. The van der Waals surface area contributed by atoms with Crippen LogP contribution in [0.1, 0.15) is 50.6 Å². The van der Waals surface area contributed by atoms with Gasteiger partial charge >= 0.3 is 0 Å². The monoisotopic (exact) mass is 496 g/mol. The lowest BCUT2D eigenvalue weighted by molar-refractivity contribution is 0.174. The van der Waals surface area contributed by atoms with Crippen LogP contribution in [0.4, 0.5) is 0 Å². The first-order chi connectivity index (χ1) is 16.5. The summed E-state index contributed by atoms with van der Waals surface area (Å²) in [5, 5.41) is 9.07. The van der Waals surface area contributed by atoms with Gasteiger partial charge in [-0.1, -0.05) is 48.7 Å². The Kier molecular flexibility index (Phi) is 6.43. The second-order valence-electron chi connectivity index (χ2n) is 8.29. The number of hydrogen-bond acceptors (Lipinski definition) is 6. The summed E-state index contributed by atoms with van der Waals surface area (Å²) in [6, 6.07) is 13.1. The van der Waals surface area contributed by atoms with Crippen LogP contribution in [0.25, 0.3) is 17.0 Å². The number of aromatic nitrogens is 2. The summed E-state index contributed by atoms with van der Waals surface area (Å²) < 4.78 is 16.7. The normalized spacial score (nSPS) is 17.3.